The Morgan fingerprint density at radius 3 is 2.35 bits per heavy atom. The number of dihydropyridines is 1. The summed E-state index contributed by atoms with van der Waals surface area (Å²) in [7, 11) is 0. The third-order valence-corrected chi connectivity index (χ3v) is 6.29. The molecule has 4 rings (SSSR count). The molecule has 31 heavy (non-hydrogen) atoms. The van der Waals surface area contributed by atoms with Crippen molar-refractivity contribution in [1.82, 2.24) is 4.90 Å². The number of carbonyl (C=O) groups excluding carboxylic acids is 1. The Kier molecular flexibility index (Phi) is 6.38. The Labute approximate surface area is 186 Å². The molecule has 1 saturated heterocycles. The molecule has 2 aliphatic rings. The smallest absolute Gasteiger partial charge is 0.255 e. The molecule has 2 aromatic carbocycles. The molecule has 4 nitrogen and oxygen atoms in total. The van der Waals surface area contributed by atoms with E-state index in [4.69, 9.17) is 4.99 Å². The third kappa shape index (κ3) is 5.31. The van der Waals surface area contributed by atoms with Gasteiger partial charge in [0, 0.05) is 29.9 Å². The van der Waals surface area contributed by atoms with Crippen LogP contribution in [0.2, 0.25) is 0 Å². The SMILES string of the molecule is CC(C)(C)c1ccc(NC(=O)c2ccc(C3N=CC=C[C@H]3CN3CCCC3)cc2)cc1. The van der Waals surface area contributed by atoms with Crippen molar-refractivity contribution in [2.45, 2.75) is 45.1 Å². The topological polar surface area (TPSA) is 44.7 Å². The van der Waals surface area contributed by atoms with Gasteiger partial charge in [-0.25, -0.2) is 0 Å². The van der Waals surface area contributed by atoms with E-state index in [9.17, 15) is 4.79 Å². The molecule has 0 aromatic heterocycles. The van der Waals surface area contributed by atoms with Gasteiger partial charge in [-0.1, -0.05) is 51.1 Å². The van der Waals surface area contributed by atoms with Crippen LogP contribution in [0.3, 0.4) is 0 Å². The quantitative estimate of drug-likeness (QED) is 0.688. The zero-order valence-electron chi connectivity index (χ0n) is 18.8. The number of hydrogen-bond donors (Lipinski definition) is 1. The molecule has 1 unspecified atom stereocenters. The lowest BCUT2D eigenvalue weighted by Crippen LogP contribution is -2.29. The fourth-order valence-electron chi connectivity index (χ4n) is 4.40. The first kappa shape index (κ1) is 21.5. The molecule has 1 N–H and O–H groups in total. The van der Waals surface area contributed by atoms with Crippen molar-refractivity contribution in [2.75, 3.05) is 25.0 Å². The molecule has 2 heterocycles. The second-order valence-corrected chi connectivity index (χ2v) is 9.70. The summed E-state index contributed by atoms with van der Waals surface area (Å²) in [5.41, 5.74) is 3.99. The van der Waals surface area contributed by atoms with Gasteiger partial charge in [0.25, 0.3) is 5.91 Å². The second-order valence-electron chi connectivity index (χ2n) is 9.70. The van der Waals surface area contributed by atoms with Gasteiger partial charge in [0.05, 0.1) is 6.04 Å². The first-order valence-corrected chi connectivity index (χ1v) is 11.3. The van der Waals surface area contributed by atoms with E-state index in [-0.39, 0.29) is 17.4 Å². The summed E-state index contributed by atoms with van der Waals surface area (Å²) >= 11 is 0. The predicted octanol–water partition coefficient (Wildman–Crippen LogP) is 5.63. The summed E-state index contributed by atoms with van der Waals surface area (Å²) in [6.07, 6.45) is 8.83. The van der Waals surface area contributed by atoms with E-state index in [0.29, 0.717) is 11.5 Å². The highest BCUT2D eigenvalue weighted by Gasteiger charge is 2.25. The van der Waals surface area contributed by atoms with Gasteiger partial charge in [-0.2, -0.15) is 0 Å². The molecule has 0 aliphatic carbocycles. The maximum atomic E-state index is 12.7. The van der Waals surface area contributed by atoms with E-state index in [2.05, 4.69) is 67.4 Å². The predicted molar refractivity (Wildman–Crippen MR) is 129 cm³/mol. The number of carbonyl (C=O) groups is 1. The average Bonchev–Trinajstić information content (AvgIpc) is 3.27. The van der Waals surface area contributed by atoms with Gasteiger partial charge in [-0.3, -0.25) is 9.79 Å². The number of nitrogens with zero attached hydrogens (tertiary/aromatic N) is 2. The highest BCUT2D eigenvalue weighted by atomic mass is 16.1. The number of aliphatic imine (C=N–C) groups is 1. The molecular weight excluding hydrogens is 382 g/mol. The van der Waals surface area contributed by atoms with Crippen molar-refractivity contribution < 1.29 is 4.79 Å². The second kappa shape index (κ2) is 9.19. The van der Waals surface area contributed by atoms with Crippen LogP contribution in [0.5, 0.6) is 0 Å². The molecule has 0 radical (unpaired) electrons. The lowest BCUT2D eigenvalue weighted by Gasteiger charge is -2.28. The Bertz CT molecular complexity index is 945. The molecule has 0 spiro atoms. The number of nitrogens with one attached hydrogen (secondary N) is 1. The van der Waals surface area contributed by atoms with Gasteiger partial charge in [-0.05, 0) is 72.8 Å². The lowest BCUT2D eigenvalue weighted by atomic mass is 9.87. The van der Waals surface area contributed by atoms with Gasteiger partial charge >= 0.3 is 0 Å². The van der Waals surface area contributed by atoms with Crippen molar-refractivity contribution >= 4 is 17.8 Å². The number of amides is 1. The van der Waals surface area contributed by atoms with Crippen LogP contribution in [0.1, 0.15) is 61.1 Å². The van der Waals surface area contributed by atoms with Crippen LogP contribution in [0.25, 0.3) is 0 Å². The van der Waals surface area contributed by atoms with Crippen molar-refractivity contribution in [3.63, 3.8) is 0 Å². The van der Waals surface area contributed by atoms with E-state index in [0.717, 1.165) is 17.8 Å². The number of anilines is 1. The van der Waals surface area contributed by atoms with Crippen LogP contribution < -0.4 is 5.32 Å². The molecule has 0 saturated carbocycles. The Balaban J connectivity index is 1.41. The van der Waals surface area contributed by atoms with Crippen LogP contribution in [-0.4, -0.2) is 36.7 Å². The highest BCUT2D eigenvalue weighted by molar-refractivity contribution is 6.04. The lowest BCUT2D eigenvalue weighted by molar-refractivity contribution is 0.102. The van der Waals surface area contributed by atoms with Crippen LogP contribution in [0, 0.1) is 5.92 Å². The van der Waals surface area contributed by atoms with E-state index >= 15 is 0 Å². The number of allylic oxidation sites excluding steroid dienone is 1. The van der Waals surface area contributed by atoms with Crippen LogP contribution in [0.15, 0.2) is 65.7 Å². The number of hydrogen-bond acceptors (Lipinski definition) is 3. The van der Waals surface area contributed by atoms with Crippen LogP contribution in [0.4, 0.5) is 5.69 Å². The van der Waals surface area contributed by atoms with Crippen molar-refractivity contribution in [1.29, 1.82) is 0 Å². The maximum absolute atomic E-state index is 12.7. The Morgan fingerprint density at radius 2 is 1.71 bits per heavy atom. The minimum atomic E-state index is -0.0873. The number of likely N-dealkylation sites (tertiary alicyclic amines) is 1. The largest absolute Gasteiger partial charge is 0.322 e. The fourth-order valence-corrected chi connectivity index (χ4v) is 4.40. The summed E-state index contributed by atoms with van der Waals surface area (Å²) < 4.78 is 0. The summed E-state index contributed by atoms with van der Waals surface area (Å²) in [6.45, 7) is 9.98. The van der Waals surface area contributed by atoms with Gasteiger partial charge in [0.2, 0.25) is 0 Å². The van der Waals surface area contributed by atoms with Crippen molar-refractivity contribution in [3.05, 3.63) is 77.4 Å². The molecule has 4 heteroatoms. The number of rotatable bonds is 5. The van der Waals surface area contributed by atoms with E-state index in [1.54, 1.807) is 0 Å². The standard InChI is InChI=1S/C27H33N3O/c1-27(2,3)23-12-14-24(15-13-23)29-26(31)21-10-8-20(9-11-21)25-22(7-6-16-28-25)19-30-17-4-5-18-30/h6-16,22,25H,4-5,17-19H2,1-3H3,(H,29,31)/t22-,25?/m0/s1. The van der Waals surface area contributed by atoms with Gasteiger partial charge in [0.15, 0.2) is 0 Å². The fraction of sp³-hybridized carbons (Fsp3) is 0.407. The summed E-state index contributed by atoms with van der Waals surface area (Å²) in [5, 5.41) is 3.01. The van der Waals surface area contributed by atoms with E-state index < -0.39 is 0 Å². The minimum Gasteiger partial charge on any atom is -0.322 e. The molecule has 162 valence electrons. The zero-order valence-corrected chi connectivity index (χ0v) is 18.8. The molecule has 0 bridgehead atoms. The summed E-state index contributed by atoms with van der Waals surface area (Å²) in [6, 6.07) is 16.1. The zero-order chi connectivity index (χ0) is 21.8. The number of benzene rings is 2. The van der Waals surface area contributed by atoms with Gasteiger partial charge < -0.3 is 10.2 Å². The molecule has 2 aromatic rings. The van der Waals surface area contributed by atoms with Gasteiger partial charge in [0.1, 0.15) is 0 Å². The Morgan fingerprint density at radius 1 is 1.03 bits per heavy atom. The van der Waals surface area contributed by atoms with Crippen LogP contribution in [-0.2, 0) is 5.41 Å². The molecule has 1 fully saturated rings. The monoisotopic (exact) mass is 415 g/mol. The van der Waals surface area contributed by atoms with Crippen molar-refractivity contribution in [2.24, 2.45) is 10.9 Å². The molecular formula is C27H33N3O. The molecule has 1 amide bonds. The first-order chi connectivity index (χ1) is 14.9. The van der Waals surface area contributed by atoms with Crippen molar-refractivity contribution in [3.8, 4) is 0 Å². The summed E-state index contributed by atoms with van der Waals surface area (Å²) in [4.78, 5) is 20.0. The summed E-state index contributed by atoms with van der Waals surface area (Å²) in [5.74, 6) is 0.292. The van der Waals surface area contributed by atoms with Gasteiger partial charge in [-0.15, -0.1) is 0 Å². The minimum absolute atomic E-state index is 0.0873. The van der Waals surface area contributed by atoms with E-state index in [1.165, 1.54) is 31.5 Å². The average molecular weight is 416 g/mol. The normalized spacial score (nSPS) is 21.4. The maximum Gasteiger partial charge on any atom is 0.255 e. The molecule has 2 aliphatic heterocycles. The molecule has 2 atom stereocenters. The third-order valence-electron chi connectivity index (χ3n) is 6.29. The highest BCUT2D eigenvalue weighted by Crippen LogP contribution is 2.31. The van der Waals surface area contributed by atoms with Crippen LogP contribution >= 0.6 is 0 Å². The Hall–Kier alpha value is -2.72. The first-order valence-electron chi connectivity index (χ1n) is 11.3. The van der Waals surface area contributed by atoms with E-state index in [1.807, 2.05) is 30.5 Å².